The van der Waals surface area contributed by atoms with Gasteiger partial charge in [-0.3, -0.25) is 4.79 Å². The van der Waals surface area contributed by atoms with Gasteiger partial charge in [-0.05, 0) is 6.42 Å². The van der Waals surface area contributed by atoms with Gasteiger partial charge < -0.3 is 4.90 Å². The second kappa shape index (κ2) is 2.58. The molecule has 1 aliphatic heterocycles. The third-order valence-electron chi connectivity index (χ3n) is 2.08. The fourth-order valence-corrected chi connectivity index (χ4v) is 1.16. The Balaban J connectivity index is 2.19. The average molecular weight is 166 g/mol. The smallest absolute Gasteiger partial charge is 0.273 e. The van der Waals surface area contributed by atoms with Crippen molar-refractivity contribution >= 4 is 5.91 Å². The zero-order valence-corrected chi connectivity index (χ0v) is 6.90. The van der Waals surface area contributed by atoms with E-state index in [9.17, 15) is 4.79 Å². The third-order valence-corrected chi connectivity index (χ3v) is 2.08. The molecule has 0 spiro atoms. The molecule has 1 saturated heterocycles. The van der Waals surface area contributed by atoms with Gasteiger partial charge in [-0.15, -0.1) is 5.10 Å². The monoisotopic (exact) mass is 166 g/mol. The molecule has 5 nitrogen and oxygen atoms in total. The lowest BCUT2D eigenvalue weighted by Crippen LogP contribution is -2.42. The van der Waals surface area contributed by atoms with Crippen LogP contribution < -0.4 is 0 Å². The van der Waals surface area contributed by atoms with Crippen molar-refractivity contribution in [2.24, 2.45) is 7.05 Å². The van der Waals surface area contributed by atoms with Crippen molar-refractivity contribution in [3.05, 3.63) is 11.9 Å². The Morgan fingerprint density at radius 1 is 1.58 bits per heavy atom. The normalized spacial score (nSPS) is 15.9. The fourth-order valence-electron chi connectivity index (χ4n) is 1.16. The summed E-state index contributed by atoms with van der Waals surface area (Å²) < 4.78 is 1.50. The predicted molar refractivity (Wildman–Crippen MR) is 41.5 cm³/mol. The molecule has 0 saturated carbocycles. The molecule has 64 valence electrons. The average Bonchev–Trinajstić information content (AvgIpc) is 2.31. The second-order valence-corrected chi connectivity index (χ2v) is 2.89. The summed E-state index contributed by atoms with van der Waals surface area (Å²) in [6, 6.07) is 0. The van der Waals surface area contributed by atoms with E-state index in [2.05, 4.69) is 10.3 Å². The highest BCUT2D eigenvalue weighted by Gasteiger charge is 2.23. The van der Waals surface area contributed by atoms with Crippen molar-refractivity contribution in [1.82, 2.24) is 19.9 Å². The van der Waals surface area contributed by atoms with Crippen molar-refractivity contribution in [3.63, 3.8) is 0 Å². The number of hydrogen-bond acceptors (Lipinski definition) is 3. The van der Waals surface area contributed by atoms with Crippen LogP contribution in [0.2, 0.25) is 0 Å². The molecule has 0 aliphatic carbocycles. The summed E-state index contributed by atoms with van der Waals surface area (Å²) >= 11 is 0. The molecule has 1 amide bonds. The molecule has 2 rings (SSSR count). The second-order valence-electron chi connectivity index (χ2n) is 2.89. The Morgan fingerprint density at radius 2 is 2.33 bits per heavy atom. The largest absolute Gasteiger partial charge is 0.337 e. The number of amides is 1. The minimum absolute atomic E-state index is 0.0359. The standard InChI is InChI=1S/C7H10N4O/c1-10-6(5-8-9-10)7(12)11-3-2-4-11/h5H,2-4H2,1H3. The molecule has 0 atom stereocenters. The SMILES string of the molecule is Cn1nncc1C(=O)N1CCC1. The Labute approximate surface area is 70.0 Å². The van der Waals surface area contributed by atoms with Crippen LogP contribution in [-0.2, 0) is 7.05 Å². The molecule has 1 aromatic rings. The highest BCUT2D eigenvalue weighted by Crippen LogP contribution is 2.10. The highest BCUT2D eigenvalue weighted by molar-refractivity contribution is 5.92. The summed E-state index contributed by atoms with van der Waals surface area (Å²) in [5.74, 6) is 0.0359. The molecule has 0 N–H and O–H groups in total. The van der Waals surface area contributed by atoms with Crippen LogP contribution in [0.15, 0.2) is 6.20 Å². The highest BCUT2D eigenvalue weighted by atomic mass is 16.2. The van der Waals surface area contributed by atoms with E-state index in [4.69, 9.17) is 0 Å². The minimum atomic E-state index is 0.0359. The molecular weight excluding hydrogens is 156 g/mol. The van der Waals surface area contributed by atoms with Crippen molar-refractivity contribution in [2.45, 2.75) is 6.42 Å². The first-order valence-electron chi connectivity index (χ1n) is 3.93. The Bertz CT molecular complexity index is 302. The number of aromatic nitrogens is 3. The number of carbonyl (C=O) groups excluding carboxylic acids is 1. The first kappa shape index (κ1) is 7.27. The Morgan fingerprint density at radius 3 is 2.75 bits per heavy atom. The van der Waals surface area contributed by atoms with Crippen molar-refractivity contribution < 1.29 is 4.79 Å². The van der Waals surface area contributed by atoms with Crippen LogP contribution in [0.3, 0.4) is 0 Å². The molecule has 12 heavy (non-hydrogen) atoms. The van der Waals surface area contributed by atoms with Gasteiger partial charge in [-0.25, -0.2) is 4.68 Å². The maximum Gasteiger partial charge on any atom is 0.273 e. The quantitative estimate of drug-likeness (QED) is 0.573. The summed E-state index contributed by atoms with van der Waals surface area (Å²) in [4.78, 5) is 13.3. The maximum atomic E-state index is 11.5. The minimum Gasteiger partial charge on any atom is -0.337 e. The molecular formula is C7H10N4O. The lowest BCUT2D eigenvalue weighted by molar-refractivity contribution is 0.0640. The molecule has 0 bridgehead atoms. The zero-order valence-electron chi connectivity index (χ0n) is 6.90. The third kappa shape index (κ3) is 0.975. The van der Waals surface area contributed by atoms with Gasteiger partial charge in [0.2, 0.25) is 0 Å². The fraction of sp³-hybridized carbons (Fsp3) is 0.571. The molecule has 5 heteroatoms. The molecule has 1 aliphatic rings. The number of rotatable bonds is 1. The van der Waals surface area contributed by atoms with Crippen LogP contribution in [0.25, 0.3) is 0 Å². The summed E-state index contributed by atoms with van der Waals surface area (Å²) in [7, 11) is 1.72. The van der Waals surface area contributed by atoms with E-state index < -0.39 is 0 Å². The summed E-state index contributed by atoms with van der Waals surface area (Å²) in [5, 5.41) is 7.35. The number of hydrogen-bond donors (Lipinski definition) is 0. The first-order valence-corrected chi connectivity index (χ1v) is 3.93. The lowest BCUT2D eigenvalue weighted by atomic mass is 10.2. The van der Waals surface area contributed by atoms with Crippen molar-refractivity contribution in [2.75, 3.05) is 13.1 Å². The van der Waals surface area contributed by atoms with E-state index in [1.165, 1.54) is 10.9 Å². The van der Waals surface area contributed by atoms with Gasteiger partial charge in [0.15, 0.2) is 0 Å². The molecule has 0 radical (unpaired) electrons. The molecule has 0 aromatic carbocycles. The number of likely N-dealkylation sites (tertiary alicyclic amines) is 1. The predicted octanol–water partition coefficient (Wildman–Crippen LogP) is -0.339. The number of nitrogens with zero attached hydrogens (tertiary/aromatic N) is 4. The lowest BCUT2D eigenvalue weighted by Gasteiger charge is -2.30. The van der Waals surface area contributed by atoms with Crippen LogP contribution in [-0.4, -0.2) is 38.9 Å². The Kier molecular flexibility index (Phi) is 1.56. The summed E-state index contributed by atoms with van der Waals surface area (Å²) in [6.07, 6.45) is 2.61. The van der Waals surface area contributed by atoms with E-state index in [-0.39, 0.29) is 5.91 Å². The van der Waals surface area contributed by atoms with Gasteiger partial charge in [0, 0.05) is 20.1 Å². The van der Waals surface area contributed by atoms with Crippen LogP contribution in [0, 0.1) is 0 Å². The molecule has 1 fully saturated rings. The van der Waals surface area contributed by atoms with Gasteiger partial charge in [-0.2, -0.15) is 0 Å². The number of carbonyl (C=O) groups is 1. The van der Waals surface area contributed by atoms with E-state index in [1.54, 1.807) is 11.9 Å². The van der Waals surface area contributed by atoms with Gasteiger partial charge in [-0.1, -0.05) is 5.21 Å². The maximum absolute atomic E-state index is 11.5. The summed E-state index contributed by atoms with van der Waals surface area (Å²) in [6.45, 7) is 1.73. The topological polar surface area (TPSA) is 51.0 Å². The zero-order chi connectivity index (χ0) is 8.55. The van der Waals surface area contributed by atoms with Gasteiger partial charge in [0.25, 0.3) is 5.91 Å². The number of aryl methyl sites for hydroxylation is 1. The van der Waals surface area contributed by atoms with E-state index >= 15 is 0 Å². The van der Waals surface area contributed by atoms with Crippen LogP contribution in [0.5, 0.6) is 0 Å². The first-order chi connectivity index (χ1) is 5.79. The van der Waals surface area contributed by atoms with Crippen LogP contribution in [0.4, 0.5) is 0 Å². The summed E-state index contributed by atoms with van der Waals surface area (Å²) in [5.41, 5.74) is 0.565. The van der Waals surface area contributed by atoms with E-state index in [1.807, 2.05) is 0 Å². The van der Waals surface area contributed by atoms with Crippen LogP contribution in [0.1, 0.15) is 16.9 Å². The molecule has 2 heterocycles. The van der Waals surface area contributed by atoms with Crippen LogP contribution >= 0.6 is 0 Å². The Hall–Kier alpha value is -1.39. The van der Waals surface area contributed by atoms with Gasteiger partial charge >= 0.3 is 0 Å². The van der Waals surface area contributed by atoms with Crippen molar-refractivity contribution in [3.8, 4) is 0 Å². The van der Waals surface area contributed by atoms with Crippen molar-refractivity contribution in [1.29, 1.82) is 0 Å². The molecule has 0 unspecified atom stereocenters. The van der Waals surface area contributed by atoms with E-state index in [0.717, 1.165) is 19.5 Å². The molecule has 1 aromatic heterocycles. The van der Waals surface area contributed by atoms with Gasteiger partial charge in [0.05, 0.1) is 6.20 Å². The van der Waals surface area contributed by atoms with Gasteiger partial charge in [0.1, 0.15) is 5.69 Å². The van der Waals surface area contributed by atoms with E-state index in [0.29, 0.717) is 5.69 Å².